The van der Waals surface area contributed by atoms with Crippen LogP contribution in [0.15, 0.2) is 24.3 Å². The van der Waals surface area contributed by atoms with E-state index in [1.165, 1.54) is 10.6 Å². The minimum atomic E-state index is -1.01. The number of amides is 2. The molecule has 0 unspecified atom stereocenters. The van der Waals surface area contributed by atoms with E-state index in [4.69, 9.17) is 10.8 Å². The molecule has 0 spiro atoms. The number of carbonyl (C=O) groups excluding carboxylic acids is 4. The van der Waals surface area contributed by atoms with Gasteiger partial charge in [0, 0.05) is 32.0 Å². The summed E-state index contributed by atoms with van der Waals surface area (Å²) < 4.78 is 0. The third-order valence-corrected chi connectivity index (χ3v) is 6.54. The largest absolute Gasteiger partial charge is 0.481 e. The van der Waals surface area contributed by atoms with Crippen LogP contribution in [0.5, 0.6) is 0 Å². The van der Waals surface area contributed by atoms with Gasteiger partial charge in [-0.05, 0) is 62.8 Å². The normalized spacial score (nSPS) is 12.4. The minimum Gasteiger partial charge on any atom is -0.481 e. The lowest BCUT2D eigenvalue weighted by Gasteiger charge is -2.26. The number of aryl methyl sites for hydroxylation is 1. The predicted molar refractivity (Wildman–Crippen MR) is 154 cm³/mol. The Balaban J connectivity index is 2.41. The number of aliphatic carboxylic acids is 1. The summed E-state index contributed by atoms with van der Waals surface area (Å²) in [6.07, 6.45) is 6.89. The van der Waals surface area contributed by atoms with Crippen LogP contribution in [0.1, 0.15) is 87.1 Å². The SMILES string of the molecule is CCCc1ccc(C(=O)NCCCCCC(=O)N(C)N[C@@H](CCCCN)C(=O)CN[C@H](C=O)CCC(=O)O)cc1. The Labute approximate surface area is 237 Å². The van der Waals surface area contributed by atoms with Gasteiger partial charge in [-0.2, -0.15) is 0 Å². The van der Waals surface area contributed by atoms with E-state index in [1.807, 2.05) is 24.3 Å². The van der Waals surface area contributed by atoms with Gasteiger partial charge in [-0.15, -0.1) is 0 Å². The highest BCUT2D eigenvalue weighted by Crippen LogP contribution is 2.08. The summed E-state index contributed by atoms with van der Waals surface area (Å²) in [4.78, 5) is 59.7. The molecule has 0 aromatic heterocycles. The highest BCUT2D eigenvalue weighted by Gasteiger charge is 2.22. The number of rotatable bonds is 23. The van der Waals surface area contributed by atoms with E-state index in [0.717, 1.165) is 32.1 Å². The Morgan fingerprint density at radius 3 is 2.35 bits per heavy atom. The summed E-state index contributed by atoms with van der Waals surface area (Å²) in [5, 5.41) is 15.8. The molecule has 11 nitrogen and oxygen atoms in total. The number of ketones is 1. The van der Waals surface area contributed by atoms with Gasteiger partial charge < -0.3 is 26.3 Å². The number of carboxylic acids is 1. The van der Waals surface area contributed by atoms with Crippen molar-refractivity contribution in [3.05, 3.63) is 35.4 Å². The summed E-state index contributed by atoms with van der Waals surface area (Å²) in [5.41, 5.74) is 10.4. The summed E-state index contributed by atoms with van der Waals surface area (Å²) in [7, 11) is 1.58. The van der Waals surface area contributed by atoms with E-state index >= 15 is 0 Å². The van der Waals surface area contributed by atoms with Gasteiger partial charge in [-0.25, -0.2) is 5.43 Å². The first-order valence-corrected chi connectivity index (χ1v) is 14.2. The van der Waals surface area contributed by atoms with E-state index < -0.39 is 18.1 Å². The summed E-state index contributed by atoms with van der Waals surface area (Å²) in [6, 6.07) is 6.25. The van der Waals surface area contributed by atoms with Crippen molar-refractivity contribution in [3.8, 4) is 0 Å². The van der Waals surface area contributed by atoms with Crippen LogP contribution in [0.25, 0.3) is 0 Å². The summed E-state index contributed by atoms with van der Waals surface area (Å²) in [6.45, 7) is 3.00. The maximum Gasteiger partial charge on any atom is 0.303 e. The maximum absolute atomic E-state index is 12.8. The molecule has 0 bridgehead atoms. The fraction of sp³-hybridized carbons (Fsp3) is 0.621. The molecule has 0 aliphatic rings. The van der Waals surface area contributed by atoms with Crippen LogP contribution in [0.4, 0.5) is 0 Å². The molecule has 224 valence electrons. The number of carbonyl (C=O) groups is 5. The van der Waals surface area contributed by atoms with Crippen LogP contribution in [-0.2, 0) is 25.6 Å². The van der Waals surface area contributed by atoms with E-state index in [0.29, 0.717) is 50.6 Å². The molecule has 0 fully saturated rings. The maximum atomic E-state index is 12.8. The number of benzene rings is 1. The topological polar surface area (TPSA) is 171 Å². The van der Waals surface area contributed by atoms with Crippen LogP contribution in [-0.4, -0.2) is 78.7 Å². The van der Waals surface area contributed by atoms with E-state index in [1.54, 1.807) is 7.05 Å². The molecular weight excluding hydrogens is 514 g/mol. The third-order valence-electron chi connectivity index (χ3n) is 6.54. The molecule has 0 heterocycles. The zero-order valence-corrected chi connectivity index (χ0v) is 24.0. The van der Waals surface area contributed by atoms with Crippen LogP contribution in [0, 0.1) is 0 Å². The Hall–Kier alpha value is -3.15. The average Bonchev–Trinajstić information content (AvgIpc) is 2.94. The van der Waals surface area contributed by atoms with Gasteiger partial charge >= 0.3 is 5.97 Å². The van der Waals surface area contributed by atoms with Crippen LogP contribution in [0.2, 0.25) is 0 Å². The van der Waals surface area contributed by atoms with Crippen molar-refractivity contribution in [1.29, 1.82) is 0 Å². The lowest BCUT2D eigenvalue weighted by Crippen LogP contribution is -2.51. The lowest BCUT2D eigenvalue weighted by atomic mass is 10.0. The molecular formula is C29H47N5O6. The number of carboxylic acid groups (broad SMARTS) is 1. The molecule has 2 amide bonds. The molecule has 40 heavy (non-hydrogen) atoms. The minimum absolute atomic E-state index is 0.0889. The molecule has 2 atom stereocenters. The van der Waals surface area contributed by atoms with E-state index in [-0.39, 0.29) is 37.0 Å². The highest BCUT2D eigenvalue weighted by molar-refractivity contribution is 5.94. The van der Waals surface area contributed by atoms with Gasteiger partial charge in [-0.1, -0.05) is 38.3 Å². The predicted octanol–water partition coefficient (Wildman–Crippen LogP) is 1.98. The number of nitrogens with one attached hydrogen (secondary N) is 3. The van der Waals surface area contributed by atoms with Crippen LogP contribution in [0.3, 0.4) is 0 Å². The van der Waals surface area contributed by atoms with Gasteiger partial charge in [0.2, 0.25) is 5.91 Å². The van der Waals surface area contributed by atoms with Crippen molar-refractivity contribution in [3.63, 3.8) is 0 Å². The molecule has 0 aliphatic carbocycles. The van der Waals surface area contributed by atoms with Crippen molar-refractivity contribution in [1.82, 2.24) is 21.1 Å². The Morgan fingerprint density at radius 2 is 1.73 bits per heavy atom. The first-order valence-electron chi connectivity index (χ1n) is 14.2. The molecule has 1 aromatic rings. The van der Waals surface area contributed by atoms with Crippen LogP contribution < -0.4 is 21.8 Å². The van der Waals surface area contributed by atoms with Crippen molar-refractivity contribution in [2.45, 2.75) is 89.6 Å². The van der Waals surface area contributed by atoms with Gasteiger partial charge in [0.1, 0.15) is 6.29 Å². The van der Waals surface area contributed by atoms with E-state index in [9.17, 15) is 24.0 Å². The molecule has 0 radical (unpaired) electrons. The first kappa shape index (κ1) is 34.9. The number of Topliss-reactive ketones (excluding diaryl/α,β-unsaturated/α-hetero) is 1. The molecule has 1 aromatic carbocycles. The quantitative estimate of drug-likeness (QED) is 0.0761. The van der Waals surface area contributed by atoms with Crippen molar-refractivity contribution < 1.29 is 29.1 Å². The third kappa shape index (κ3) is 14.9. The van der Waals surface area contributed by atoms with Gasteiger partial charge in [0.15, 0.2) is 5.78 Å². The number of nitrogens with zero attached hydrogens (tertiary/aromatic N) is 1. The Bertz CT molecular complexity index is 924. The Kier molecular flexibility index (Phi) is 18.1. The Morgan fingerprint density at radius 1 is 1.00 bits per heavy atom. The first-order chi connectivity index (χ1) is 19.2. The molecule has 1 rings (SSSR count). The van der Waals surface area contributed by atoms with Gasteiger partial charge in [0.25, 0.3) is 5.91 Å². The number of aldehydes is 1. The zero-order valence-electron chi connectivity index (χ0n) is 24.0. The average molecular weight is 562 g/mol. The number of hydrogen-bond acceptors (Lipinski definition) is 8. The molecule has 6 N–H and O–H groups in total. The van der Waals surface area contributed by atoms with Gasteiger partial charge in [0.05, 0.1) is 18.6 Å². The second-order valence-electron chi connectivity index (χ2n) is 9.95. The molecule has 11 heteroatoms. The zero-order chi connectivity index (χ0) is 29.8. The fourth-order valence-corrected chi connectivity index (χ4v) is 4.11. The number of unbranched alkanes of at least 4 members (excludes halogenated alkanes) is 3. The number of hydrogen-bond donors (Lipinski definition) is 5. The fourth-order valence-electron chi connectivity index (χ4n) is 4.11. The van der Waals surface area contributed by atoms with Crippen molar-refractivity contribution in [2.75, 3.05) is 26.7 Å². The molecule has 0 saturated carbocycles. The smallest absolute Gasteiger partial charge is 0.303 e. The molecule has 0 saturated heterocycles. The standard InChI is InChI=1S/C29H47N5O6/c1-3-9-22-12-14-23(15-13-22)29(40)31-19-8-4-5-11-27(37)34(2)33-25(10-6-7-18-30)26(36)20-32-24(21-35)16-17-28(38)39/h12-15,21,24-25,32-33H,3-11,16-20,30H2,1-2H3,(H,31,40)(H,38,39)/t24-,25-/m0/s1. The number of hydrazine groups is 1. The number of nitrogens with two attached hydrogens (primary N) is 1. The second kappa shape index (κ2) is 20.7. The lowest BCUT2D eigenvalue weighted by molar-refractivity contribution is -0.137. The van der Waals surface area contributed by atoms with Crippen molar-refractivity contribution in [2.24, 2.45) is 5.73 Å². The molecule has 0 aliphatic heterocycles. The van der Waals surface area contributed by atoms with Crippen molar-refractivity contribution >= 4 is 29.9 Å². The second-order valence-corrected chi connectivity index (χ2v) is 9.95. The monoisotopic (exact) mass is 561 g/mol. The summed E-state index contributed by atoms with van der Waals surface area (Å²) in [5.74, 6) is -1.51. The van der Waals surface area contributed by atoms with E-state index in [2.05, 4.69) is 23.0 Å². The highest BCUT2D eigenvalue weighted by atomic mass is 16.4. The van der Waals surface area contributed by atoms with Crippen LogP contribution >= 0.6 is 0 Å². The summed E-state index contributed by atoms with van der Waals surface area (Å²) >= 11 is 0. The van der Waals surface area contributed by atoms with Gasteiger partial charge in [-0.3, -0.25) is 24.2 Å².